The molecule has 0 amide bonds. The monoisotopic (exact) mass is 251 g/mol. The van der Waals surface area contributed by atoms with Crippen molar-refractivity contribution in [2.45, 2.75) is 0 Å². The number of hydrogen-bond acceptors (Lipinski definition) is 7. The Bertz CT molecular complexity index is 326. The average molecular weight is 251 g/mol. The van der Waals surface area contributed by atoms with Crippen LogP contribution >= 0.6 is 0 Å². The highest BCUT2D eigenvalue weighted by molar-refractivity contribution is 7.84. The lowest BCUT2D eigenvalue weighted by Gasteiger charge is -1.93. The maximum atomic E-state index is 9.08. The van der Waals surface area contributed by atoms with Gasteiger partial charge < -0.3 is 9.87 Å². The smallest absolute Gasteiger partial charge is 0.214 e. The van der Waals surface area contributed by atoms with E-state index in [9.17, 15) is 0 Å². The average Bonchev–Trinajstić information content (AvgIpc) is 2.14. The molecule has 0 saturated carbocycles. The van der Waals surface area contributed by atoms with Gasteiger partial charge in [-0.05, 0) is 5.53 Å². The Hall–Kier alpha value is -1.51. The van der Waals surface area contributed by atoms with E-state index in [2.05, 4.69) is 25.4 Å². The van der Waals surface area contributed by atoms with Gasteiger partial charge in [-0.25, -0.2) is 8.42 Å². The maximum Gasteiger partial charge on any atom is 0.214 e. The van der Waals surface area contributed by atoms with Crippen LogP contribution in [-0.4, -0.2) is 45.4 Å². The van der Waals surface area contributed by atoms with E-state index in [0.717, 1.165) is 0 Å². The summed E-state index contributed by atoms with van der Waals surface area (Å²) in [4.78, 5) is 5.41. The molecule has 0 heterocycles. The standard InChI is InChI=1S/C4H10N7.CH4O3S/c5-10-8-3-1-7-2-4-9-11-6;1-5(2,3)4/h5,7H,1-4H2;1H3,(H,2,3,4)/q+1;/p-1. The molecule has 0 aromatic carbocycles. The van der Waals surface area contributed by atoms with E-state index >= 15 is 0 Å². The fourth-order valence-corrected chi connectivity index (χ4v) is 0.478. The lowest BCUT2D eigenvalue weighted by Crippen LogP contribution is -2.20. The van der Waals surface area contributed by atoms with Gasteiger partial charge in [0.25, 0.3) is 0 Å². The van der Waals surface area contributed by atoms with Crippen molar-refractivity contribution in [3.63, 3.8) is 0 Å². The Balaban J connectivity index is 0. The number of rotatable bonds is 6. The third kappa shape index (κ3) is 39.1. The van der Waals surface area contributed by atoms with Crippen molar-refractivity contribution in [3.8, 4) is 0 Å². The van der Waals surface area contributed by atoms with Gasteiger partial charge in [-0.1, -0.05) is 5.11 Å². The predicted molar refractivity (Wildman–Crippen MR) is 54.7 cm³/mol. The maximum absolute atomic E-state index is 9.08. The Kier molecular flexibility index (Phi) is 12.2. The molecule has 0 aliphatic heterocycles. The Morgan fingerprint density at radius 3 is 2.19 bits per heavy atom. The minimum absolute atomic E-state index is 0.439. The van der Waals surface area contributed by atoms with E-state index < -0.39 is 10.1 Å². The Labute approximate surface area is 92.7 Å². The van der Waals surface area contributed by atoms with E-state index in [1.807, 2.05) is 0 Å². The molecule has 0 bridgehead atoms. The molecular weight excluding hydrogens is 238 g/mol. The second kappa shape index (κ2) is 11.6. The summed E-state index contributed by atoms with van der Waals surface area (Å²) in [5, 5.41) is 9.68. The SMILES string of the molecule is CS(=O)(=O)[O-].[N-]=[N+]=NCCNCCN=[N+]=N. The van der Waals surface area contributed by atoms with Crippen molar-refractivity contribution >= 4 is 10.1 Å². The molecule has 16 heavy (non-hydrogen) atoms. The zero-order valence-electron chi connectivity index (χ0n) is 8.70. The van der Waals surface area contributed by atoms with Gasteiger partial charge in [0.1, 0.15) is 17.2 Å². The van der Waals surface area contributed by atoms with Gasteiger partial charge in [0.2, 0.25) is 4.91 Å². The molecule has 0 radical (unpaired) electrons. The van der Waals surface area contributed by atoms with Crippen molar-refractivity contribution in [2.75, 3.05) is 32.4 Å². The van der Waals surface area contributed by atoms with Crippen molar-refractivity contribution in [1.82, 2.24) is 10.2 Å². The van der Waals surface area contributed by atoms with E-state index in [1.54, 1.807) is 0 Å². The molecule has 2 N–H and O–H groups in total. The summed E-state index contributed by atoms with van der Waals surface area (Å²) in [5.74, 6) is 0. The molecule has 0 saturated heterocycles. The van der Waals surface area contributed by atoms with E-state index in [1.165, 1.54) is 0 Å². The molecule has 0 spiro atoms. The molecule has 0 aliphatic rings. The lowest BCUT2D eigenvalue weighted by atomic mass is 10.6. The van der Waals surface area contributed by atoms with Crippen LogP contribution in [0, 0.1) is 5.53 Å². The molecule has 11 heteroatoms. The first kappa shape index (κ1) is 16.9. The van der Waals surface area contributed by atoms with Gasteiger partial charge in [0.05, 0.1) is 10.1 Å². The van der Waals surface area contributed by atoms with Crippen LogP contribution in [0.2, 0.25) is 0 Å². The normalized spacial score (nSPS) is 9.12. The van der Waals surface area contributed by atoms with E-state index in [-0.39, 0.29) is 0 Å². The highest BCUT2D eigenvalue weighted by Crippen LogP contribution is 1.68. The number of hydrogen-bond donors (Lipinski definition) is 2. The lowest BCUT2D eigenvalue weighted by molar-refractivity contribution is 0.470. The summed E-state index contributed by atoms with van der Waals surface area (Å²) in [7, 11) is -3.92. The van der Waals surface area contributed by atoms with Crippen LogP contribution in [0.5, 0.6) is 0 Å². The molecule has 0 aliphatic carbocycles. The molecule has 0 atom stereocenters. The summed E-state index contributed by atoms with van der Waals surface area (Å²) in [6.45, 7) is 2.22. The highest BCUT2D eigenvalue weighted by Gasteiger charge is 1.86. The molecule has 10 nitrogen and oxygen atoms in total. The third-order valence-corrected chi connectivity index (χ3v) is 0.911. The van der Waals surface area contributed by atoms with Gasteiger partial charge in [-0.15, -0.1) is 0 Å². The molecule has 0 unspecified atom stereocenters. The fourth-order valence-electron chi connectivity index (χ4n) is 0.478. The highest BCUT2D eigenvalue weighted by atomic mass is 32.2. The number of azide groups is 1. The Morgan fingerprint density at radius 1 is 1.38 bits per heavy atom. The van der Waals surface area contributed by atoms with Gasteiger partial charge in [0.15, 0.2) is 0 Å². The summed E-state index contributed by atoms with van der Waals surface area (Å²) in [6.07, 6.45) is 0.604. The summed E-state index contributed by atoms with van der Waals surface area (Å²) in [6, 6.07) is 0. The van der Waals surface area contributed by atoms with Crippen LogP contribution in [0.3, 0.4) is 0 Å². The fraction of sp³-hybridized carbons (Fsp3) is 1.00. The van der Waals surface area contributed by atoms with Gasteiger partial charge >= 0.3 is 0 Å². The second-order valence-electron chi connectivity index (χ2n) is 2.37. The summed E-state index contributed by atoms with van der Waals surface area (Å²) in [5.41, 5.74) is 14.2. The van der Waals surface area contributed by atoms with Crippen molar-refractivity contribution in [1.29, 1.82) is 5.53 Å². The first-order chi connectivity index (χ1) is 7.41. The van der Waals surface area contributed by atoms with Gasteiger partial charge in [-0.2, -0.15) is 0 Å². The zero-order valence-corrected chi connectivity index (χ0v) is 9.51. The largest absolute Gasteiger partial charge is 0.748 e. The van der Waals surface area contributed by atoms with Gasteiger partial charge in [-0.3, -0.25) is 0 Å². The van der Waals surface area contributed by atoms with E-state index in [0.29, 0.717) is 32.4 Å². The van der Waals surface area contributed by atoms with Gasteiger partial charge in [0, 0.05) is 30.8 Å². The van der Waals surface area contributed by atoms with Crippen LogP contribution in [0.1, 0.15) is 0 Å². The molecule has 0 aromatic rings. The van der Waals surface area contributed by atoms with Crippen molar-refractivity contribution in [3.05, 3.63) is 10.4 Å². The first-order valence-electron chi connectivity index (χ1n) is 4.07. The van der Waals surface area contributed by atoms with E-state index in [4.69, 9.17) is 24.0 Å². The summed E-state index contributed by atoms with van der Waals surface area (Å²) >= 11 is 0. The van der Waals surface area contributed by atoms with Crippen molar-refractivity contribution in [2.24, 2.45) is 10.2 Å². The second-order valence-corrected chi connectivity index (χ2v) is 3.78. The molecular formula is C5H13N7O3S. The van der Waals surface area contributed by atoms with Crippen LogP contribution in [0.4, 0.5) is 0 Å². The summed E-state index contributed by atoms with van der Waals surface area (Å²) < 4.78 is 27.2. The third-order valence-electron chi connectivity index (χ3n) is 0.911. The minimum Gasteiger partial charge on any atom is -0.748 e. The van der Waals surface area contributed by atoms with Crippen molar-refractivity contribution < 1.29 is 13.0 Å². The first-order valence-corrected chi connectivity index (χ1v) is 5.89. The Morgan fingerprint density at radius 2 is 1.81 bits per heavy atom. The topological polar surface area (TPSA) is 168 Å². The molecule has 0 rings (SSSR count). The predicted octanol–water partition coefficient (Wildman–Crippen LogP) is -0.402. The van der Waals surface area contributed by atoms with Crippen LogP contribution in [0.25, 0.3) is 10.4 Å². The quantitative estimate of drug-likeness (QED) is 0.215. The molecule has 92 valence electrons. The zero-order chi connectivity index (χ0) is 12.9. The molecule has 0 aromatic heterocycles. The minimum atomic E-state index is -3.92. The van der Waals surface area contributed by atoms with Crippen LogP contribution in [0.15, 0.2) is 10.2 Å². The molecule has 0 fully saturated rings. The number of nitrogens with one attached hydrogen (secondary N) is 2. The van der Waals surface area contributed by atoms with Crippen LogP contribution < -0.4 is 10.2 Å². The number of nitrogens with zero attached hydrogens (tertiary/aromatic N) is 5. The van der Waals surface area contributed by atoms with Crippen LogP contribution in [-0.2, 0) is 10.1 Å².